The van der Waals surface area contributed by atoms with Gasteiger partial charge in [0.1, 0.15) is 0 Å². The molecule has 31 heavy (non-hydrogen) atoms. The summed E-state index contributed by atoms with van der Waals surface area (Å²) >= 11 is 1.49. The molecular formula is C23H35N5O2S. The van der Waals surface area contributed by atoms with Crippen LogP contribution in [-0.2, 0) is 22.6 Å². The molecule has 1 atom stereocenters. The van der Waals surface area contributed by atoms with Crippen molar-refractivity contribution in [1.29, 1.82) is 5.41 Å². The van der Waals surface area contributed by atoms with Gasteiger partial charge in [-0.05, 0) is 44.1 Å². The van der Waals surface area contributed by atoms with Crippen LogP contribution >= 0.6 is 11.9 Å². The highest BCUT2D eigenvalue weighted by molar-refractivity contribution is 7.96. The standard InChI is InChI=1S/C13H20N2OS.C9H11NO.CH4N2/c1-3-14-13(16)12(15-17-2)10-9-11-7-5-4-6-8-11;1-8-2-4-9(5-3-8)6-10-7-11;2-1-3/h4-8,12,15H,3,9-10H2,1-2H3,(H,14,16);2-5,7H,6H2,1H3,(H,10,11);1H,(H3,2,3). The predicted molar refractivity (Wildman–Crippen MR) is 131 cm³/mol. The van der Waals surface area contributed by atoms with Crippen LogP contribution in [0.5, 0.6) is 0 Å². The van der Waals surface area contributed by atoms with Gasteiger partial charge in [0, 0.05) is 13.1 Å². The van der Waals surface area contributed by atoms with Crippen LogP contribution in [0.2, 0.25) is 0 Å². The predicted octanol–water partition coefficient (Wildman–Crippen LogP) is 2.78. The molecule has 2 aromatic carbocycles. The molecule has 1 unspecified atom stereocenters. The topological polar surface area (TPSA) is 120 Å². The smallest absolute Gasteiger partial charge is 0.237 e. The maximum Gasteiger partial charge on any atom is 0.237 e. The molecule has 0 aliphatic carbocycles. The zero-order valence-electron chi connectivity index (χ0n) is 18.6. The van der Waals surface area contributed by atoms with E-state index in [2.05, 4.69) is 33.2 Å². The van der Waals surface area contributed by atoms with Crippen molar-refractivity contribution in [1.82, 2.24) is 15.4 Å². The van der Waals surface area contributed by atoms with E-state index < -0.39 is 0 Å². The molecule has 2 rings (SSSR count). The third-order valence-corrected chi connectivity index (χ3v) is 4.52. The van der Waals surface area contributed by atoms with Gasteiger partial charge in [-0.2, -0.15) is 0 Å². The van der Waals surface area contributed by atoms with E-state index in [9.17, 15) is 9.59 Å². The zero-order valence-corrected chi connectivity index (χ0v) is 19.4. The maximum atomic E-state index is 11.8. The van der Waals surface area contributed by atoms with Crippen molar-refractivity contribution in [2.75, 3.05) is 12.8 Å². The summed E-state index contributed by atoms with van der Waals surface area (Å²) in [6.07, 6.45) is 5.13. The normalized spacial score (nSPS) is 10.3. The first-order valence-electron chi connectivity index (χ1n) is 10.1. The molecular weight excluding hydrogens is 410 g/mol. The van der Waals surface area contributed by atoms with Gasteiger partial charge in [-0.25, -0.2) is 0 Å². The fraction of sp³-hybridized carbons (Fsp3) is 0.348. The molecule has 0 aromatic heterocycles. The van der Waals surface area contributed by atoms with Crippen LogP contribution in [0, 0.1) is 12.3 Å². The third-order valence-electron chi connectivity index (χ3n) is 4.00. The number of rotatable bonds is 10. The summed E-state index contributed by atoms with van der Waals surface area (Å²) in [7, 11) is 0. The van der Waals surface area contributed by atoms with E-state index in [0.29, 0.717) is 19.5 Å². The molecule has 2 amide bonds. The van der Waals surface area contributed by atoms with E-state index in [-0.39, 0.29) is 11.9 Å². The van der Waals surface area contributed by atoms with Crippen LogP contribution in [0.25, 0.3) is 0 Å². The lowest BCUT2D eigenvalue weighted by molar-refractivity contribution is -0.122. The van der Waals surface area contributed by atoms with Gasteiger partial charge in [-0.15, -0.1) is 0 Å². The second-order valence-electron chi connectivity index (χ2n) is 6.44. The van der Waals surface area contributed by atoms with E-state index in [1.165, 1.54) is 23.1 Å². The van der Waals surface area contributed by atoms with Gasteiger partial charge in [-0.1, -0.05) is 72.1 Å². The van der Waals surface area contributed by atoms with Crippen molar-refractivity contribution in [2.24, 2.45) is 5.73 Å². The highest BCUT2D eigenvalue weighted by atomic mass is 32.2. The van der Waals surface area contributed by atoms with Gasteiger partial charge in [-0.3, -0.25) is 19.7 Å². The second kappa shape index (κ2) is 19.1. The average Bonchev–Trinajstić information content (AvgIpc) is 2.78. The molecule has 0 saturated heterocycles. The summed E-state index contributed by atoms with van der Waals surface area (Å²) in [4.78, 5) is 21.7. The number of nitrogens with two attached hydrogens (primary N) is 1. The third kappa shape index (κ3) is 14.7. The Morgan fingerprint density at radius 3 is 2.26 bits per heavy atom. The van der Waals surface area contributed by atoms with E-state index in [4.69, 9.17) is 5.41 Å². The number of hydrogen-bond donors (Lipinski definition) is 5. The minimum Gasteiger partial charge on any atom is -0.390 e. The molecule has 0 heterocycles. The summed E-state index contributed by atoms with van der Waals surface area (Å²) in [6.45, 7) is 5.27. The lowest BCUT2D eigenvalue weighted by Gasteiger charge is -2.16. The Kier molecular flexibility index (Phi) is 17.4. The van der Waals surface area contributed by atoms with Gasteiger partial charge in [0.25, 0.3) is 0 Å². The summed E-state index contributed by atoms with van der Waals surface area (Å²) in [5, 5.41) is 11.3. The van der Waals surface area contributed by atoms with E-state index >= 15 is 0 Å². The summed E-state index contributed by atoms with van der Waals surface area (Å²) in [6, 6.07) is 18.2. The minimum absolute atomic E-state index is 0.0813. The number of nitrogens with one attached hydrogen (secondary N) is 4. The molecule has 2 aromatic rings. The van der Waals surface area contributed by atoms with E-state index in [1.54, 1.807) is 0 Å². The van der Waals surface area contributed by atoms with Crippen LogP contribution in [0.15, 0.2) is 54.6 Å². The van der Waals surface area contributed by atoms with E-state index in [0.717, 1.165) is 24.7 Å². The highest BCUT2D eigenvalue weighted by Gasteiger charge is 2.16. The highest BCUT2D eigenvalue weighted by Crippen LogP contribution is 2.07. The van der Waals surface area contributed by atoms with Gasteiger partial charge >= 0.3 is 0 Å². The second-order valence-corrected chi connectivity index (χ2v) is 7.09. The zero-order chi connectivity index (χ0) is 23.3. The maximum absolute atomic E-state index is 11.8. The van der Waals surface area contributed by atoms with Crippen LogP contribution in [0.3, 0.4) is 0 Å². The Morgan fingerprint density at radius 2 is 1.74 bits per heavy atom. The van der Waals surface area contributed by atoms with Crippen LogP contribution in [0.4, 0.5) is 0 Å². The molecule has 7 nitrogen and oxygen atoms in total. The summed E-state index contributed by atoms with van der Waals surface area (Å²) < 4.78 is 3.14. The first-order valence-corrected chi connectivity index (χ1v) is 11.3. The molecule has 0 radical (unpaired) electrons. The quantitative estimate of drug-likeness (QED) is 0.167. The number of hydrogen-bond acceptors (Lipinski definition) is 5. The van der Waals surface area contributed by atoms with Crippen LogP contribution in [0.1, 0.15) is 30.0 Å². The first-order chi connectivity index (χ1) is 15.0. The van der Waals surface area contributed by atoms with Crippen molar-refractivity contribution in [3.05, 3.63) is 71.3 Å². The Morgan fingerprint density at radius 1 is 1.13 bits per heavy atom. The molecule has 8 heteroatoms. The molecule has 0 fully saturated rings. The molecule has 0 aliphatic rings. The van der Waals surface area contributed by atoms with Gasteiger partial charge < -0.3 is 16.4 Å². The van der Waals surface area contributed by atoms with Crippen molar-refractivity contribution in [2.45, 2.75) is 39.3 Å². The van der Waals surface area contributed by atoms with Crippen molar-refractivity contribution < 1.29 is 9.59 Å². The van der Waals surface area contributed by atoms with Crippen molar-refractivity contribution in [3.63, 3.8) is 0 Å². The van der Waals surface area contributed by atoms with Crippen molar-refractivity contribution >= 4 is 30.6 Å². The molecule has 6 N–H and O–H groups in total. The molecule has 0 saturated carbocycles. The molecule has 0 bridgehead atoms. The molecule has 0 spiro atoms. The Labute approximate surface area is 190 Å². The monoisotopic (exact) mass is 445 g/mol. The van der Waals surface area contributed by atoms with Gasteiger partial charge in [0.15, 0.2) is 0 Å². The fourth-order valence-corrected chi connectivity index (χ4v) is 3.01. The number of benzene rings is 2. The minimum atomic E-state index is -0.120. The fourth-order valence-electron chi connectivity index (χ4n) is 2.50. The molecule has 170 valence electrons. The largest absolute Gasteiger partial charge is 0.390 e. The van der Waals surface area contributed by atoms with Crippen molar-refractivity contribution in [3.8, 4) is 0 Å². The number of carbonyl (C=O) groups excluding carboxylic acids is 2. The Balaban J connectivity index is 0.000000551. The van der Waals surface area contributed by atoms with E-state index in [1.807, 2.05) is 62.6 Å². The number of amides is 2. The van der Waals surface area contributed by atoms with Crippen LogP contribution < -0.4 is 21.1 Å². The Hall–Kier alpha value is -2.84. The number of aryl methyl sites for hydroxylation is 2. The lowest BCUT2D eigenvalue weighted by atomic mass is 10.1. The SMILES string of the molecule is CCNC(=O)C(CCc1ccccc1)NSC.Cc1ccc(CNC=O)cc1.N=CN. The number of likely N-dealkylation sites (N-methyl/N-ethyl adjacent to an activating group) is 1. The van der Waals surface area contributed by atoms with Gasteiger partial charge in [0.2, 0.25) is 12.3 Å². The first kappa shape index (κ1) is 28.2. The Bertz CT molecular complexity index is 727. The average molecular weight is 446 g/mol. The summed E-state index contributed by atoms with van der Waals surface area (Å²) in [5.74, 6) is 0.0813. The molecule has 0 aliphatic heterocycles. The summed E-state index contributed by atoms with van der Waals surface area (Å²) in [5.41, 5.74) is 8.02. The number of carbonyl (C=O) groups is 2. The van der Waals surface area contributed by atoms with Gasteiger partial charge in [0.05, 0.1) is 12.4 Å². The van der Waals surface area contributed by atoms with Crippen LogP contribution in [-0.4, -0.2) is 37.5 Å². The lowest BCUT2D eigenvalue weighted by Crippen LogP contribution is -2.41.